The average Bonchev–Trinajstić information content (AvgIpc) is 2.19. The summed E-state index contributed by atoms with van der Waals surface area (Å²) in [5, 5.41) is 6.21. The monoisotopic (exact) mass is 213 g/mol. The van der Waals surface area contributed by atoms with Crippen molar-refractivity contribution in [3.8, 4) is 0 Å². The van der Waals surface area contributed by atoms with E-state index in [2.05, 4.69) is 15.5 Å². The molecule has 2 N–H and O–H groups in total. The number of amides is 1. The minimum absolute atomic E-state index is 0.128. The van der Waals surface area contributed by atoms with Crippen LogP contribution in [0.4, 0.5) is 0 Å². The number of likely N-dealkylation sites (N-methyl/N-ethyl adjacent to an activating group) is 2. The molecule has 1 aliphatic heterocycles. The van der Waals surface area contributed by atoms with Crippen LogP contribution in [-0.4, -0.2) is 50.6 Å². The van der Waals surface area contributed by atoms with Crippen LogP contribution in [0.5, 0.6) is 0 Å². The van der Waals surface area contributed by atoms with Gasteiger partial charge in [0.25, 0.3) is 0 Å². The lowest BCUT2D eigenvalue weighted by molar-refractivity contribution is -0.121. The van der Waals surface area contributed by atoms with Crippen LogP contribution in [0.2, 0.25) is 0 Å². The maximum Gasteiger partial charge on any atom is 0.234 e. The molecule has 1 fully saturated rings. The van der Waals surface area contributed by atoms with Crippen molar-refractivity contribution < 1.29 is 4.79 Å². The average molecular weight is 213 g/mol. The van der Waals surface area contributed by atoms with Gasteiger partial charge in [0.15, 0.2) is 0 Å². The Morgan fingerprint density at radius 2 is 2.40 bits per heavy atom. The van der Waals surface area contributed by atoms with E-state index in [1.807, 2.05) is 14.0 Å². The van der Waals surface area contributed by atoms with E-state index in [0.29, 0.717) is 12.5 Å². The van der Waals surface area contributed by atoms with Gasteiger partial charge in [-0.2, -0.15) is 0 Å². The summed E-state index contributed by atoms with van der Waals surface area (Å²) >= 11 is 0. The van der Waals surface area contributed by atoms with Crippen molar-refractivity contribution in [1.29, 1.82) is 0 Å². The van der Waals surface area contributed by atoms with Crippen LogP contribution in [0.3, 0.4) is 0 Å². The molecule has 0 aromatic rings. The number of hydrogen-bond donors (Lipinski definition) is 2. The molecule has 4 heteroatoms. The Kier molecular flexibility index (Phi) is 5.65. The fraction of sp³-hybridized carbons (Fsp3) is 0.909. The van der Waals surface area contributed by atoms with Crippen LogP contribution >= 0.6 is 0 Å². The third kappa shape index (κ3) is 5.14. The highest BCUT2D eigenvalue weighted by atomic mass is 16.1. The first-order valence-electron chi connectivity index (χ1n) is 5.88. The summed E-state index contributed by atoms with van der Waals surface area (Å²) in [5.74, 6) is 0.835. The number of rotatable bonds is 5. The van der Waals surface area contributed by atoms with E-state index >= 15 is 0 Å². The van der Waals surface area contributed by atoms with Crippen molar-refractivity contribution in [3.05, 3.63) is 0 Å². The lowest BCUT2D eigenvalue weighted by Crippen LogP contribution is -2.41. The molecule has 1 heterocycles. The lowest BCUT2D eigenvalue weighted by atomic mass is 9.99. The van der Waals surface area contributed by atoms with Gasteiger partial charge >= 0.3 is 0 Å². The maximum absolute atomic E-state index is 11.3. The highest BCUT2D eigenvalue weighted by Gasteiger charge is 2.15. The summed E-state index contributed by atoms with van der Waals surface area (Å²) in [6.45, 7) is 6.45. The molecule has 0 spiro atoms. The summed E-state index contributed by atoms with van der Waals surface area (Å²) in [6.07, 6.45) is 2.55. The van der Waals surface area contributed by atoms with E-state index in [4.69, 9.17) is 0 Å². The molecule has 0 radical (unpaired) electrons. The Balaban J connectivity index is 2.16. The number of nitrogens with one attached hydrogen (secondary N) is 2. The fourth-order valence-corrected chi connectivity index (χ4v) is 2.08. The molecule has 1 rings (SSSR count). The molecule has 1 unspecified atom stereocenters. The molecular weight excluding hydrogens is 190 g/mol. The largest absolute Gasteiger partial charge is 0.355 e. The van der Waals surface area contributed by atoms with Gasteiger partial charge in [0.05, 0.1) is 6.54 Å². The summed E-state index contributed by atoms with van der Waals surface area (Å²) in [4.78, 5) is 13.4. The molecule has 0 aromatic carbocycles. The van der Waals surface area contributed by atoms with E-state index < -0.39 is 0 Å². The number of hydrogen-bond acceptors (Lipinski definition) is 3. The molecule has 0 aromatic heterocycles. The van der Waals surface area contributed by atoms with E-state index in [9.17, 15) is 4.79 Å². The molecule has 1 aliphatic rings. The van der Waals surface area contributed by atoms with Crippen LogP contribution in [0, 0.1) is 5.92 Å². The van der Waals surface area contributed by atoms with Gasteiger partial charge in [0, 0.05) is 13.1 Å². The zero-order valence-corrected chi connectivity index (χ0v) is 9.88. The van der Waals surface area contributed by atoms with Crippen LogP contribution in [-0.2, 0) is 4.79 Å². The summed E-state index contributed by atoms with van der Waals surface area (Å²) in [6, 6.07) is 0. The van der Waals surface area contributed by atoms with Crippen molar-refractivity contribution in [3.63, 3.8) is 0 Å². The number of carbonyl (C=O) groups excluding carboxylic acids is 1. The Labute approximate surface area is 92.4 Å². The predicted molar refractivity (Wildman–Crippen MR) is 61.8 cm³/mol. The maximum atomic E-state index is 11.3. The Bertz CT molecular complexity index is 190. The molecule has 15 heavy (non-hydrogen) atoms. The summed E-state index contributed by atoms with van der Waals surface area (Å²) < 4.78 is 0. The SMILES string of the molecule is CCNC(=O)CN(C)CC1CCCNC1. The Hall–Kier alpha value is -0.610. The molecule has 4 nitrogen and oxygen atoms in total. The van der Waals surface area contributed by atoms with E-state index in [-0.39, 0.29) is 5.91 Å². The quantitative estimate of drug-likeness (QED) is 0.678. The zero-order chi connectivity index (χ0) is 11.1. The first kappa shape index (κ1) is 12.5. The minimum atomic E-state index is 0.128. The van der Waals surface area contributed by atoms with Crippen molar-refractivity contribution in [2.24, 2.45) is 5.92 Å². The zero-order valence-electron chi connectivity index (χ0n) is 9.88. The molecule has 1 saturated heterocycles. The summed E-state index contributed by atoms with van der Waals surface area (Å²) in [5.41, 5.74) is 0. The van der Waals surface area contributed by atoms with Crippen molar-refractivity contribution in [2.75, 3.05) is 39.8 Å². The third-order valence-electron chi connectivity index (χ3n) is 2.76. The van der Waals surface area contributed by atoms with Crippen LogP contribution < -0.4 is 10.6 Å². The highest BCUT2D eigenvalue weighted by molar-refractivity contribution is 5.77. The van der Waals surface area contributed by atoms with Gasteiger partial charge in [0.1, 0.15) is 0 Å². The molecule has 0 bridgehead atoms. The van der Waals surface area contributed by atoms with Crippen LogP contribution in [0.1, 0.15) is 19.8 Å². The minimum Gasteiger partial charge on any atom is -0.355 e. The Morgan fingerprint density at radius 1 is 1.60 bits per heavy atom. The Morgan fingerprint density at radius 3 is 3.00 bits per heavy atom. The normalized spacial score (nSPS) is 21.7. The molecule has 1 atom stereocenters. The standard InChI is InChI=1S/C11H23N3O/c1-3-13-11(15)9-14(2)8-10-5-4-6-12-7-10/h10,12H,3-9H2,1-2H3,(H,13,15). The molecule has 0 saturated carbocycles. The molecule has 0 aliphatic carbocycles. The van der Waals surface area contributed by atoms with Gasteiger partial charge in [0.2, 0.25) is 5.91 Å². The van der Waals surface area contributed by atoms with Gasteiger partial charge in [-0.3, -0.25) is 9.69 Å². The molecule has 1 amide bonds. The first-order chi connectivity index (χ1) is 7.22. The van der Waals surface area contributed by atoms with E-state index in [1.165, 1.54) is 12.8 Å². The van der Waals surface area contributed by atoms with Crippen molar-refractivity contribution >= 4 is 5.91 Å². The van der Waals surface area contributed by atoms with Crippen molar-refractivity contribution in [2.45, 2.75) is 19.8 Å². The second-order valence-corrected chi connectivity index (χ2v) is 4.36. The smallest absolute Gasteiger partial charge is 0.234 e. The predicted octanol–water partition coefficient (Wildman–Crippen LogP) is 0.0539. The number of piperidine rings is 1. The van der Waals surface area contributed by atoms with Gasteiger partial charge in [-0.25, -0.2) is 0 Å². The highest BCUT2D eigenvalue weighted by Crippen LogP contribution is 2.10. The second-order valence-electron chi connectivity index (χ2n) is 4.36. The van der Waals surface area contributed by atoms with Crippen molar-refractivity contribution in [1.82, 2.24) is 15.5 Å². The van der Waals surface area contributed by atoms with Crippen LogP contribution in [0.15, 0.2) is 0 Å². The topological polar surface area (TPSA) is 44.4 Å². The molecular formula is C11H23N3O. The first-order valence-corrected chi connectivity index (χ1v) is 5.88. The van der Waals surface area contributed by atoms with Gasteiger partial charge in [-0.15, -0.1) is 0 Å². The molecule has 88 valence electrons. The summed E-state index contributed by atoms with van der Waals surface area (Å²) in [7, 11) is 2.02. The number of carbonyl (C=O) groups is 1. The lowest BCUT2D eigenvalue weighted by Gasteiger charge is -2.27. The third-order valence-corrected chi connectivity index (χ3v) is 2.76. The van der Waals surface area contributed by atoms with Gasteiger partial charge in [-0.1, -0.05) is 0 Å². The van der Waals surface area contributed by atoms with E-state index in [0.717, 1.165) is 26.2 Å². The fourth-order valence-electron chi connectivity index (χ4n) is 2.08. The van der Waals surface area contributed by atoms with Crippen LogP contribution in [0.25, 0.3) is 0 Å². The number of nitrogens with zero attached hydrogens (tertiary/aromatic N) is 1. The van der Waals surface area contributed by atoms with Gasteiger partial charge < -0.3 is 10.6 Å². The van der Waals surface area contributed by atoms with E-state index in [1.54, 1.807) is 0 Å². The second kappa shape index (κ2) is 6.80. The van der Waals surface area contributed by atoms with Gasteiger partial charge in [-0.05, 0) is 45.8 Å².